The first kappa shape index (κ1) is 17.4. The van der Waals surface area contributed by atoms with Gasteiger partial charge in [0.1, 0.15) is 5.82 Å². The molecule has 0 spiro atoms. The van der Waals surface area contributed by atoms with Crippen LogP contribution in [0, 0.1) is 5.92 Å². The summed E-state index contributed by atoms with van der Waals surface area (Å²) in [7, 11) is 0. The molecule has 2 N–H and O–H groups in total. The summed E-state index contributed by atoms with van der Waals surface area (Å²) in [5.41, 5.74) is 2.31. The minimum Gasteiger partial charge on any atom is -0.392 e. The van der Waals surface area contributed by atoms with Gasteiger partial charge in [-0.1, -0.05) is 12.1 Å². The van der Waals surface area contributed by atoms with E-state index in [2.05, 4.69) is 39.9 Å². The fraction of sp³-hybridized carbons (Fsp3) is 0.632. The molecule has 1 atom stereocenters. The number of imidazole rings is 1. The summed E-state index contributed by atoms with van der Waals surface area (Å²) in [4.78, 5) is 7.15. The monoisotopic (exact) mass is 330 g/mol. The lowest BCUT2D eigenvalue weighted by atomic mass is 9.96. The molecule has 5 heteroatoms. The second-order valence-corrected chi connectivity index (χ2v) is 6.98. The number of fused-ring (bicyclic) bond motifs is 1. The molecule has 1 fully saturated rings. The number of nitrogens with one attached hydrogen (secondary N) is 1. The fourth-order valence-corrected chi connectivity index (χ4v) is 3.75. The van der Waals surface area contributed by atoms with Gasteiger partial charge in [-0.3, -0.25) is 0 Å². The first-order valence-corrected chi connectivity index (χ1v) is 9.22. The summed E-state index contributed by atoms with van der Waals surface area (Å²) in [6, 6.07) is 8.36. The van der Waals surface area contributed by atoms with Crippen molar-refractivity contribution in [2.45, 2.75) is 45.9 Å². The number of nitrogens with zero attached hydrogens (tertiary/aromatic N) is 3. The van der Waals surface area contributed by atoms with Gasteiger partial charge in [0.25, 0.3) is 0 Å². The number of aromatic nitrogens is 2. The van der Waals surface area contributed by atoms with E-state index >= 15 is 0 Å². The summed E-state index contributed by atoms with van der Waals surface area (Å²) in [6.45, 7) is 9.89. The van der Waals surface area contributed by atoms with Gasteiger partial charge in [-0.15, -0.1) is 0 Å². The molecule has 2 heterocycles. The van der Waals surface area contributed by atoms with E-state index in [1.54, 1.807) is 0 Å². The minimum absolute atomic E-state index is 0.221. The quantitative estimate of drug-likeness (QED) is 0.817. The summed E-state index contributed by atoms with van der Waals surface area (Å²) in [6.07, 6.45) is 2.20. The van der Waals surface area contributed by atoms with Gasteiger partial charge in [0.2, 0.25) is 0 Å². The number of aliphatic hydroxyl groups is 1. The molecule has 1 aromatic carbocycles. The molecular formula is C19H30N4O. The number of aryl methyl sites for hydroxylation is 1. The number of hydrogen-bond donors (Lipinski definition) is 2. The Morgan fingerprint density at radius 2 is 2.04 bits per heavy atom. The first-order chi connectivity index (χ1) is 11.7. The second-order valence-electron chi connectivity index (χ2n) is 6.98. The van der Waals surface area contributed by atoms with E-state index in [1.165, 1.54) is 18.4 Å². The van der Waals surface area contributed by atoms with Crippen LogP contribution in [0.5, 0.6) is 0 Å². The highest BCUT2D eigenvalue weighted by molar-refractivity contribution is 5.75. The molecule has 1 unspecified atom stereocenters. The maximum absolute atomic E-state index is 9.48. The average molecular weight is 330 g/mol. The highest BCUT2D eigenvalue weighted by atomic mass is 16.3. The molecule has 1 aliphatic heterocycles. The number of rotatable bonds is 7. The van der Waals surface area contributed by atoms with Crippen LogP contribution in [0.4, 0.5) is 0 Å². The van der Waals surface area contributed by atoms with Crippen LogP contribution in [0.25, 0.3) is 11.0 Å². The SMILES string of the molecule is CCn1c(CNCC2CCN(CC(C)O)CC2)nc2ccccc21. The van der Waals surface area contributed by atoms with E-state index in [0.717, 1.165) is 56.5 Å². The predicted octanol–water partition coefficient (Wildman–Crippen LogP) is 2.24. The molecule has 0 bridgehead atoms. The maximum atomic E-state index is 9.48. The lowest BCUT2D eigenvalue weighted by Gasteiger charge is -2.32. The van der Waals surface area contributed by atoms with E-state index in [0.29, 0.717) is 0 Å². The van der Waals surface area contributed by atoms with Crippen LogP contribution in [0.3, 0.4) is 0 Å². The number of likely N-dealkylation sites (tertiary alicyclic amines) is 1. The standard InChI is InChI=1S/C19H30N4O/c1-3-23-18-7-5-4-6-17(18)21-19(23)13-20-12-16-8-10-22(11-9-16)14-15(2)24/h4-7,15-16,20,24H,3,8-14H2,1-2H3. The Morgan fingerprint density at radius 3 is 2.75 bits per heavy atom. The van der Waals surface area contributed by atoms with Crippen molar-refractivity contribution in [2.75, 3.05) is 26.2 Å². The van der Waals surface area contributed by atoms with Crippen molar-refractivity contribution in [3.8, 4) is 0 Å². The maximum Gasteiger partial charge on any atom is 0.123 e. The molecule has 0 saturated carbocycles. The van der Waals surface area contributed by atoms with Gasteiger partial charge in [-0.25, -0.2) is 4.98 Å². The third kappa shape index (κ3) is 4.15. The Kier molecular flexibility index (Phi) is 5.87. The molecule has 0 radical (unpaired) electrons. The van der Waals surface area contributed by atoms with Crippen LogP contribution in [0.15, 0.2) is 24.3 Å². The van der Waals surface area contributed by atoms with Crippen molar-refractivity contribution in [1.29, 1.82) is 0 Å². The first-order valence-electron chi connectivity index (χ1n) is 9.22. The molecule has 1 aliphatic rings. The molecular weight excluding hydrogens is 300 g/mol. The molecule has 2 aromatic rings. The lowest BCUT2D eigenvalue weighted by Crippen LogP contribution is -2.40. The van der Waals surface area contributed by atoms with Crippen LogP contribution in [0.2, 0.25) is 0 Å². The second kappa shape index (κ2) is 8.10. The van der Waals surface area contributed by atoms with E-state index in [4.69, 9.17) is 4.98 Å². The normalized spacial score (nSPS) is 18.3. The molecule has 0 aliphatic carbocycles. The number of aliphatic hydroxyl groups excluding tert-OH is 1. The number of benzene rings is 1. The van der Waals surface area contributed by atoms with Crippen molar-refractivity contribution in [2.24, 2.45) is 5.92 Å². The van der Waals surface area contributed by atoms with Gasteiger partial charge in [-0.05, 0) is 64.4 Å². The largest absolute Gasteiger partial charge is 0.392 e. The third-order valence-corrected chi connectivity index (χ3v) is 5.00. The number of para-hydroxylation sites is 2. The molecule has 132 valence electrons. The van der Waals surface area contributed by atoms with Gasteiger partial charge >= 0.3 is 0 Å². The molecule has 1 saturated heterocycles. The summed E-state index contributed by atoms with van der Waals surface area (Å²) in [5.74, 6) is 1.86. The number of piperidine rings is 1. The van der Waals surface area contributed by atoms with Crippen molar-refractivity contribution in [1.82, 2.24) is 19.8 Å². The highest BCUT2D eigenvalue weighted by Crippen LogP contribution is 2.18. The Hall–Kier alpha value is -1.43. The Balaban J connectivity index is 1.49. The summed E-state index contributed by atoms with van der Waals surface area (Å²) >= 11 is 0. The molecule has 1 aromatic heterocycles. The van der Waals surface area contributed by atoms with Gasteiger partial charge in [0.05, 0.1) is 23.7 Å². The highest BCUT2D eigenvalue weighted by Gasteiger charge is 2.20. The topological polar surface area (TPSA) is 53.3 Å². The van der Waals surface area contributed by atoms with Crippen molar-refractivity contribution in [3.63, 3.8) is 0 Å². The Bertz CT molecular complexity index is 644. The molecule has 0 amide bonds. The summed E-state index contributed by atoms with van der Waals surface area (Å²) in [5, 5.41) is 13.1. The van der Waals surface area contributed by atoms with Crippen molar-refractivity contribution < 1.29 is 5.11 Å². The zero-order valence-corrected chi connectivity index (χ0v) is 14.9. The lowest BCUT2D eigenvalue weighted by molar-refractivity contribution is 0.0997. The van der Waals surface area contributed by atoms with Gasteiger partial charge in [0, 0.05) is 13.1 Å². The van der Waals surface area contributed by atoms with E-state index in [-0.39, 0.29) is 6.10 Å². The summed E-state index contributed by atoms with van der Waals surface area (Å²) < 4.78 is 2.30. The average Bonchev–Trinajstić information content (AvgIpc) is 2.93. The predicted molar refractivity (Wildman–Crippen MR) is 98.0 cm³/mol. The van der Waals surface area contributed by atoms with Crippen LogP contribution >= 0.6 is 0 Å². The van der Waals surface area contributed by atoms with Crippen LogP contribution in [-0.4, -0.2) is 51.8 Å². The fourth-order valence-electron chi connectivity index (χ4n) is 3.75. The third-order valence-electron chi connectivity index (χ3n) is 5.00. The van der Waals surface area contributed by atoms with E-state index < -0.39 is 0 Å². The molecule has 3 rings (SSSR count). The van der Waals surface area contributed by atoms with Crippen molar-refractivity contribution >= 4 is 11.0 Å². The van der Waals surface area contributed by atoms with E-state index in [9.17, 15) is 5.11 Å². The smallest absolute Gasteiger partial charge is 0.123 e. The molecule has 5 nitrogen and oxygen atoms in total. The van der Waals surface area contributed by atoms with Crippen LogP contribution in [0.1, 0.15) is 32.5 Å². The van der Waals surface area contributed by atoms with Crippen molar-refractivity contribution in [3.05, 3.63) is 30.1 Å². The van der Waals surface area contributed by atoms with Crippen LogP contribution in [-0.2, 0) is 13.1 Å². The number of hydrogen-bond acceptors (Lipinski definition) is 4. The van der Waals surface area contributed by atoms with E-state index in [1.807, 2.05) is 13.0 Å². The Labute approximate surface area is 144 Å². The zero-order chi connectivity index (χ0) is 16.9. The Morgan fingerprint density at radius 1 is 1.29 bits per heavy atom. The van der Waals surface area contributed by atoms with Crippen LogP contribution < -0.4 is 5.32 Å². The van der Waals surface area contributed by atoms with Gasteiger partial charge in [-0.2, -0.15) is 0 Å². The molecule has 24 heavy (non-hydrogen) atoms. The minimum atomic E-state index is -0.221. The number of β-amino-alcohol motifs (C(OH)–C–C–N with tert-alkyl or cyclic N) is 1. The van der Waals surface area contributed by atoms with Gasteiger partial charge < -0.3 is 19.9 Å². The zero-order valence-electron chi connectivity index (χ0n) is 14.9. The van der Waals surface area contributed by atoms with Gasteiger partial charge in [0.15, 0.2) is 0 Å².